The standard InChI is InChI=1S/C30H29NO7/c32-23-8-3-6-21-28(23)27(29-22(7-4-9-24(29)33)31(21)16-15-26(34)35)20-5-1-2-10-25(20)38-17-18-11-13-19(14-12-18)30(36)37/h1-2,5,10-14,27H,3-4,6-9,15-17H2,(H,34,35)(H,36,37). The van der Waals surface area contributed by atoms with E-state index >= 15 is 0 Å². The third-order valence-electron chi connectivity index (χ3n) is 7.46. The summed E-state index contributed by atoms with van der Waals surface area (Å²) in [6.07, 6.45) is 3.38. The Bertz CT molecular complexity index is 1330. The summed E-state index contributed by atoms with van der Waals surface area (Å²) < 4.78 is 6.21. The molecule has 0 unspecified atom stereocenters. The van der Waals surface area contributed by atoms with Crippen molar-refractivity contribution in [1.82, 2.24) is 4.90 Å². The first-order valence-electron chi connectivity index (χ1n) is 12.9. The molecule has 1 heterocycles. The van der Waals surface area contributed by atoms with Crippen LogP contribution >= 0.6 is 0 Å². The summed E-state index contributed by atoms with van der Waals surface area (Å²) in [7, 11) is 0. The summed E-state index contributed by atoms with van der Waals surface area (Å²) >= 11 is 0. The van der Waals surface area contributed by atoms with Crippen LogP contribution in [-0.2, 0) is 21.0 Å². The molecule has 8 nitrogen and oxygen atoms in total. The van der Waals surface area contributed by atoms with E-state index in [2.05, 4.69) is 0 Å². The van der Waals surface area contributed by atoms with Crippen LogP contribution < -0.4 is 4.74 Å². The number of rotatable bonds is 8. The van der Waals surface area contributed by atoms with Crippen molar-refractivity contribution in [3.05, 3.63) is 87.8 Å². The SMILES string of the molecule is O=C(O)CCN1C2=C(C(=O)CCC2)C(c2ccccc2OCc2ccc(C(=O)O)cc2)C2=C1CCCC2=O. The molecule has 2 aliphatic carbocycles. The van der Waals surface area contributed by atoms with Crippen molar-refractivity contribution in [3.63, 3.8) is 0 Å². The van der Waals surface area contributed by atoms with Crippen molar-refractivity contribution in [2.24, 2.45) is 0 Å². The van der Waals surface area contributed by atoms with Crippen LogP contribution in [0.1, 0.15) is 72.3 Å². The molecule has 0 fully saturated rings. The second kappa shape index (κ2) is 10.7. The molecule has 3 aliphatic rings. The molecule has 5 rings (SSSR count). The van der Waals surface area contributed by atoms with Crippen LogP contribution in [0.4, 0.5) is 0 Å². The van der Waals surface area contributed by atoms with Crippen LogP contribution in [0.25, 0.3) is 0 Å². The van der Waals surface area contributed by atoms with Crippen molar-refractivity contribution < 1.29 is 34.1 Å². The highest BCUT2D eigenvalue weighted by molar-refractivity contribution is 6.06. The molecular weight excluding hydrogens is 486 g/mol. The van der Waals surface area contributed by atoms with Crippen LogP contribution in [-0.4, -0.2) is 45.2 Å². The Kier molecular flexibility index (Phi) is 7.13. The fourth-order valence-electron chi connectivity index (χ4n) is 5.76. The van der Waals surface area contributed by atoms with Gasteiger partial charge in [0, 0.05) is 53.4 Å². The van der Waals surface area contributed by atoms with Crippen molar-refractivity contribution in [2.75, 3.05) is 6.54 Å². The number of carbonyl (C=O) groups excluding carboxylic acids is 2. The Morgan fingerprint density at radius 1 is 0.842 bits per heavy atom. The third kappa shape index (κ3) is 4.86. The number of aliphatic carboxylic acids is 1. The number of aromatic carboxylic acids is 1. The van der Waals surface area contributed by atoms with Gasteiger partial charge in [-0.25, -0.2) is 4.79 Å². The highest BCUT2D eigenvalue weighted by Crippen LogP contribution is 2.50. The minimum Gasteiger partial charge on any atom is -0.489 e. The topological polar surface area (TPSA) is 121 Å². The van der Waals surface area contributed by atoms with Gasteiger partial charge >= 0.3 is 11.9 Å². The quantitative estimate of drug-likeness (QED) is 0.512. The number of ketones is 2. The molecule has 8 heteroatoms. The number of para-hydroxylation sites is 1. The fraction of sp³-hybridized carbons (Fsp3) is 0.333. The normalized spacial score (nSPS) is 17.8. The van der Waals surface area contributed by atoms with Crippen molar-refractivity contribution in [3.8, 4) is 5.75 Å². The van der Waals surface area contributed by atoms with Gasteiger partial charge in [-0.2, -0.15) is 0 Å². The highest BCUT2D eigenvalue weighted by atomic mass is 16.5. The van der Waals surface area contributed by atoms with Crippen LogP contribution in [0, 0.1) is 0 Å². The van der Waals surface area contributed by atoms with Gasteiger partial charge in [0.15, 0.2) is 11.6 Å². The number of carbonyl (C=O) groups is 4. The van der Waals surface area contributed by atoms with Crippen LogP contribution in [0.15, 0.2) is 71.1 Å². The van der Waals surface area contributed by atoms with Gasteiger partial charge in [0.1, 0.15) is 12.4 Å². The fourth-order valence-corrected chi connectivity index (χ4v) is 5.76. The lowest BCUT2D eigenvalue weighted by Crippen LogP contribution is -2.40. The average molecular weight is 516 g/mol. The molecule has 196 valence electrons. The molecule has 2 aromatic carbocycles. The van der Waals surface area contributed by atoms with E-state index in [9.17, 15) is 24.3 Å². The number of Topliss-reactive ketones (excluding diaryl/α,β-unsaturated/α-hetero) is 2. The largest absolute Gasteiger partial charge is 0.489 e. The Morgan fingerprint density at radius 3 is 2.03 bits per heavy atom. The Hall–Kier alpha value is -4.20. The molecule has 0 radical (unpaired) electrons. The van der Waals surface area contributed by atoms with E-state index in [1.807, 2.05) is 29.2 Å². The van der Waals surface area contributed by atoms with E-state index in [0.29, 0.717) is 55.4 Å². The number of benzene rings is 2. The predicted octanol–water partition coefficient (Wildman–Crippen LogP) is 4.85. The summed E-state index contributed by atoms with van der Waals surface area (Å²) in [5.41, 5.74) is 4.54. The van der Waals surface area contributed by atoms with E-state index in [4.69, 9.17) is 9.84 Å². The van der Waals surface area contributed by atoms with Gasteiger partial charge in [0.2, 0.25) is 0 Å². The van der Waals surface area contributed by atoms with Crippen molar-refractivity contribution in [2.45, 2.75) is 57.5 Å². The van der Waals surface area contributed by atoms with Gasteiger partial charge in [-0.15, -0.1) is 0 Å². The number of nitrogens with zero attached hydrogens (tertiary/aromatic N) is 1. The Labute approximate surface area is 220 Å². The first-order valence-corrected chi connectivity index (χ1v) is 12.9. The Balaban J connectivity index is 1.56. The molecule has 0 spiro atoms. The van der Waals surface area contributed by atoms with Gasteiger partial charge in [0.25, 0.3) is 0 Å². The number of ether oxygens (including phenoxy) is 1. The lowest BCUT2D eigenvalue weighted by molar-refractivity contribution is -0.137. The van der Waals surface area contributed by atoms with Gasteiger partial charge in [0.05, 0.1) is 12.0 Å². The van der Waals surface area contributed by atoms with Gasteiger partial charge in [-0.1, -0.05) is 30.3 Å². The lowest BCUT2D eigenvalue weighted by Gasteiger charge is -2.44. The number of hydrogen-bond acceptors (Lipinski definition) is 6. The maximum Gasteiger partial charge on any atom is 0.335 e. The van der Waals surface area contributed by atoms with E-state index in [1.54, 1.807) is 12.1 Å². The average Bonchev–Trinajstić information content (AvgIpc) is 2.91. The number of hydrogen-bond donors (Lipinski definition) is 2. The zero-order valence-electron chi connectivity index (χ0n) is 20.9. The molecule has 0 saturated carbocycles. The molecular formula is C30H29NO7. The minimum absolute atomic E-state index is 0.0134. The van der Waals surface area contributed by atoms with Crippen LogP contribution in [0.5, 0.6) is 5.75 Å². The molecule has 2 aromatic rings. The van der Waals surface area contributed by atoms with E-state index < -0.39 is 17.9 Å². The molecule has 0 aromatic heterocycles. The Morgan fingerprint density at radius 2 is 1.45 bits per heavy atom. The summed E-state index contributed by atoms with van der Waals surface area (Å²) in [4.78, 5) is 51.4. The molecule has 0 amide bonds. The van der Waals surface area contributed by atoms with E-state index in [0.717, 1.165) is 22.5 Å². The smallest absolute Gasteiger partial charge is 0.335 e. The molecule has 38 heavy (non-hydrogen) atoms. The predicted molar refractivity (Wildman–Crippen MR) is 138 cm³/mol. The highest BCUT2D eigenvalue weighted by Gasteiger charge is 2.44. The second-order valence-corrected chi connectivity index (χ2v) is 9.83. The molecule has 1 aliphatic heterocycles. The van der Waals surface area contributed by atoms with E-state index in [-0.39, 0.29) is 36.7 Å². The maximum absolute atomic E-state index is 13.4. The zero-order chi connectivity index (χ0) is 26.8. The van der Waals surface area contributed by atoms with Crippen LogP contribution in [0.2, 0.25) is 0 Å². The summed E-state index contributed by atoms with van der Waals surface area (Å²) in [6, 6.07) is 13.8. The maximum atomic E-state index is 13.4. The zero-order valence-corrected chi connectivity index (χ0v) is 20.9. The number of carboxylic acids is 2. The third-order valence-corrected chi connectivity index (χ3v) is 7.46. The molecule has 2 N–H and O–H groups in total. The molecule has 0 atom stereocenters. The summed E-state index contributed by atoms with van der Waals surface area (Å²) in [5.74, 6) is -1.96. The van der Waals surface area contributed by atoms with Crippen molar-refractivity contribution >= 4 is 23.5 Å². The van der Waals surface area contributed by atoms with Crippen LogP contribution in [0.3, 0.4) is 0 Å². The van der Waals surface area contributed by atoms with Gasteiger partial charge in [-0.05, 0) is 49.4 Å². The lowest BCUT2D eigenvalue weighted by atomic mass is 9.70. The number of carboxylic acid groups (broad SMARTS) is 2. The monoisotopic (exact) mass is 515 g/mol. The minimum atomic E-state index is -1.00. The number of allylic oxidation sites excluding steroid dienone is 4. The summed E-state index contributed by atoms with van der Waals surface area (Å²) in [5, 5.41) is 18.5. The van der Waals surface area contributed by atoms with Crippen molar-refractivity contribution in [1.29, 1.82) is 0 Å². The van der Waals surface area contributed by atoms with Gasteiger partial charge < -0.3 is 19.8 Å². The van der Waals surface area contributed by atoms with Gasteiger partial charge in [-0.3, -0.25) is 14.4 Å². The summed E-state index contributed by atoms with van der Waals surface area (Å²) in [6.45, 7) is 0.416. The molecule has 0 saturated heterocycles. The van der Waals surface area contributed by atoms with E-state index in [1.165, 1.54) is 12.1 Å². The molecule has 0 bridgehead atoms. The second-order valence-electron chi connectivity index (χ2n) is 9.83. The first kappa shape index (κ1) is 25.4. The first-order chi connectivity index (χ1) is 18.3.